The summed E-state index contributed by atoms with van der Waals surface area (Å²) in [7, 11) is -3.32. The van der Waals surface area contributed by atoms with E-state index >= 15 is 0 Å². The Kier molecular flexibility index (Phi) is 5.23. The van der Waals surface area contributed by atoms with E-state index in [4.69, 9.17) is 0 Å². The maximum atomic E-state index is 12.7. The van der Waals surface area contributed by atoms with E-state index in [0.717, 1.165) is 24.1 Å². The SMILES string of the molecule is Cc1nc2cc(=O)[nH]n2c(C)c1CC(=O)Nc1ccc(S(=O)(=O)C2CCCC2)cc1. The molecule has 2 aromatic heterocycles. The van der Waals surface area contributed by atoms with Gasteiger partial charge in [0.2, 0.25) is 5.91 Å². The molecule has 0 bridgehead atoms. The Balaban J connectivity index is 1.49. The van der Waals surface area contributed by atoms with Gasteiger partial charge >= 0.3 is 0 Å². The third kappa shape index (κ3) is 3.77. The second-order valence-electron chi connectivity index (χ2n) is 7.78. The highest BCUT2D eigenvalue weighted by molar-refractivity contribution is 7.92. The average Bonchev–Trinajstić information content (AvgIpc) is 3.36. The van der Waals surface area contributed by atoms with Crippen LogP contribution in [0.25, 0.3) is 5.65 Å². The third-order valence-corrected chi connectivity index (χ3v) is 8.03. The van der Waals surface area contributed by atoms with Gasteiger partial charge in [-0.15, -0.1) is 0 Å². The Hall–Kier alpha value is -2.94. The number of carbonyl (C=O) groups excluding carboxylic acids is 1. The van der Waals surface area contributed by atoms with Gasteiger partial charge in [-0.05, 0) is 51.0 Å². The molecule has 0 aliphatic heterocycles. The summed E-state index contributed by atoms with van der Waals surface area (Å²) < 4.78 is 26.9. The van der Waals surface area contributed by atoms with Crippen LogP contribution in [0, 0.1) is 13.8 Å². The van der Waals surface area contributed by atoms with Crippen LogP contribution in [0.2, 0.25) is 0 Å². The topological polar surface area (TPSA) is 113 Å². The molecule has 1 saturated carbocycles. The smallest absolute Gasteiger partial charge is 0.266 e. The molecule has 0 unspecified atom stereocenters. The molecule has 4 rings (SSSR count). The lowest BCUT2D eigenvalue weighted by atomic mass is 10.1. The van der Waals surface area contributed by atoms with Crippen molar-refractivity contribution >= 4 is 27.1 Å². The van der Waals surface area contributed by atoms with Gasteiger partial charge in [0.25, 0.3) is 5.56 Å². The number of anilines is 1. The monoisotopic (exact) mass is 428 g/mol. The zero-order valence-electron chi connectivity index (χ0n) is 16.9. The number of amides is 1. The number of carbonyl (C=O) groups is 1. The fraction of sp³-hybridized carbons (Fsp3) is 0.381. The number of fused-ring (bicyclic) bond motifs is 1. The van der Waals surface area contributed by atoms with Crippen molar-refractivity contribution in [2.75, 3.05) is 5.32 Å². The highest BCUT2D eigenvalue weighted by Crippen LogP contribution is 2.30. The van der Waals surface area contributed by atoms with Crippen LogP contribution in [0.5, 0.6) is 0 Å². The predicted molar refractivity (Wildman–Crippen MR) is 114 cm³/mol. The van der Waals surface area contributed by atoms with Crippen molar-refractivity contribution in [2.45, 2.75) is 56.1 Å². The van der Waals surface area contributed by atoms with Crippen molar-refractivity contribution < 1.29 is 13.2 Å². The van der Waals surface area contributed by atoms with Crippen LogP contribution in [-0.4, -0.2) is 34.2 Å². The maximum absolute atomic E-state index is 12.7. The lowest BCUT2D eigenvalue weighted by molar-refractivity contribution is -0.115. The molecule has 9 heteroatoms. The van der Waals surface area contributed by atoms with E-state index in [0.29, 0.717) is 34.8 Å². The number of H-pyrrole nitrogens is 1. The molecule has 1 aromatic carbocycles. The van der Waals surface area contributed by atoms with Crippen molar-refractivity contribution in [2.24, 2.45) is 0 Å². The maximum Gasteiger partial charge on any atom is 0.266 e. The van der Waals surface area contributed by atoms with Crippen LogP contribution in [0.3, 0.4) is 0 Å². The van der Waals surface area contributed by atoms with Gasteiger partial charge in [-0.25, -0.2) is 17.9 Å². The number of hydrogen-bond donors (Lipinski definition) is 2. The Bertz CT molecular complexity index is 1270. The van der Waals surface area contributed by atoms with Crippen LogP contribution in [-0.2, 0) is 21.1 Å². The molecule has 2 heterocycles. The summed E-state index contributed by atoms with van der Waals surface area (Å²) in [6.45, 7) is 3.62. The molecule has 1 aliphatic rings. The summed E-state index contributed by atoms with van der Waals surface area (Å²) in [6.07, 6.45) is 3.42. The number of aromatic nitrogens is 3. The number of benzene rings is 1. The van der Waals surface area contributed by atoms with Crippen molar-refractivity contribution in [1.82, 2.24) is 14.6 Å². The van der Waals surface area contributed by atoms with Gasteiger partial charge in [0.1, 0.15) is 0 Å². The average molecular weight is 429 g/mol. The van der Waals surface area contributed by atoms with Gasteiger partial charge in [-0.3, -0.25) is 14.7 Å². The van der Waals surface area contributed by atoms with E-state index in [9.17, 15) is 18.0 Å². The van der Waals surface area contributed by atoms with E-state index < -0.39 is 9.84 Å². The zero-order valence-corrected chi connectivity index (χ0v) is 17.8. The molecule has 0 radical (unpaired) electrons. The first-order valence-corrected chi connectivity index (χ1v) is 11.5. The van der Waals surface area contributed by atoms with E-state index in [-0.39, 0.29) is 23.1 Å². The number of sulfone groups is 1. The first-order chi connectivity index (χ1) is 14.3. The number of aryl methyl sites for hydroxylation is 2. The van der Waals surface area contributed by atoms with Crippen molar-refractivity contribution in [3.05, 3.63) is 57.6 Å². The fourth-order valence-electron chi connectivity index (χ4n) is 4.10. The molecule has 158 valence electrons. The standard InChI is InChI=1S/C21H24N4O4S/c1-13-18(14(2)25-19(22-13)12-21(27)24-25)11-20(26)23-15-7-9-17(10-8-15)30(28,29)16-5-3-4-6-16/h7-10,12,16H,3-6,11H2,1-2H3,(H,23,26)(H,24,27). The molecule has 0 saturated heterocycles. The largest absolute Gasteiger partial charge is 0.326 e. The highest BCUT2D eigenvalue weighted by Gasteiger charge is 2.30. The van der Waals surface area contributed by atoms with Gasteiger partial charge in [-0.2, -0.15) is 0 Å². The van der Waals surface area contributed by atoms with E-state index in [1.54, 1.807) is 35.7 Å². The molecule has 0 spiro atoms. The minimum Gasteiger partial charge on any atom is -0.326 e. The summed E-state index contributed by atoms with van der Waals surface area (Å²) in [5, 5.41) is 5.17. The van der Waals surface area contributed by atoms with Gasteiger partial charge in [0.05, 0.1) is 16.6 Å². The number of nitrogens with zero attached hydrogens (tertiary/aromatic N) is 2. The van der Waals surface area contributed by atoms with Crippen LogP contribution in [0.4, 0.5) is 5.69 Å². The number of hydrogen-bond acceptors (Lipinski definition) is 5. The van der Waals surface area contributed by atoms with Crippen molar-refractivity contribution in [3.8, 4) is 0 Å². The van der Waals surface area contributed by atoms with Crippen molar-refractivity contribution in [3.63, 3.8) is 0 Å². The van der Waals surface area contributed by atoms with Gasteiger partial charge in [0.15, 0.2) is 15.5 Å². The Morgan fingerprint density at radius 2 is 1.87 bits per heavy atom. The summed E-state index contributed by atoms with van der Waals surface area (Å²) in [4.78, 5) is 28.8. The second kappa shape index (κ2) is 7.71. The molecule has 1 fully saturated rings. The lowest BCUT2D eigenvalue weighted by Crippen LogP contribution is -2.19. The normalized spacial score (nSPS) is 15.0. The van der Waals surface area contributed by atoms with Crippen LogP contribution in [0.15, 0.2) is 40.0 Å². The van der Waals surface area contributed by atoms with Gasteiger partial charge in [-0.1, -0.05) is 12.8 Å². The molecular weight excluding hydrogens is 404 g/mol. The summed E-state index contributed by atoms with van der Waals surface area (Å²) in [6, 6.07) is 7.75. The van der Waals surface area contributed by atoms with E-state index in [2.05, 4.69) is 15.4 Å². The number of aromatic amines is 1. The molecule has 2 N–H and O–H groups in total. The van der Waals surface area contributed by atoms with Gasteiger partial charge in [0, 0.05) is 28.7 Å². The molecule has 30 heavy (non-hydrogen) atoms. The molecule has 3 aromatic rings. The molecule has 1 aliphatic carbocycles. The quantitative estimate of drug-likeness (QED) is 0.648. The van der Waals surface area contributed by atoms with Crippen LogP contribution >= 0.6 is 0 Å². The minimum absolute atomic E-state index is 0.0863. The van der Waals surface area contributed by atoms with Crippen molar-refractivity contribution in [1.29, 1.82) is 0 Å². The van der Waals surface area contributed by atoms with E-state index in [1.165, 1.54) is 6.07 Å². The first-order valence-electron chi connectivity index (χ1n) is 9.97. The highest BCUT2D eigenvalue weighted by atomic mass is 32.2. The third-order valence-electron chi connectivity index (χ3n) is 5.75. The molecule has 8 nitrogen and oxygen atoms in total. The second-order valence-corrected chi connectivity index (χ2v) is 10.0. The Morgan fingerprint density at radius 3 is 2.53 bits per heavy atom. The van der Waals surface area contributed by atoms with Crippen LogP contribution in [0.1, 0.15) is 42.6 Å². The summed E-state index contributed by atoms with van der Waals surface area (Å²) in [5.74, 6) is -0.247. The lowest BCUT2D eigenvalue weighted by Gasteiger charge is -2.13. The first kappa shape index (κ1) is 20.3. The number of rotatable bonds is 5. The van der Waals surface area contributed by atoms with E-state index in [1.807, 2.05) is 6.92 Å². The number of nitrogens with one attached hydrogen (secondary N) is 2. The van der Waals surface area contributed by atoms with Gasteiger partial charge < -0.3 is 5.32 Å². The zero-order chi connectivity index (χ0) is 21.5. The Labute approximate surface area is 174 Å². The molecular formula is C21H24N4O4S. The molecule has 0 atom stereocenters. The minimum atomic E-state index is -3.32. The summed E-state index contributed by atoms with van der Waals surface area (Å²) >= 11 is 0. The Morgan fingerprint density at radius 1 is 1.20 bits per heavy atom. The molecule has 1 amide bonds. The van der Waals surface area contributed by atoms with Crippen LogP contribution < -0.4 is 10.9 Å². The fourth-order valence-corrected chi connectivity index (χ4v) is 5.95. The summed E-state index contributed by atoms with van der Waals surface area (Å²) in [5.41, 5.74) is 2.95. The predicted octanol–water partition coefficient (Wildman–Crippen LogP) is 2.54.